The predicted molar refractivity (Wildman–Crippen MR) is 60.8 cm³/mol. The number of hydrogen-bond acceptors (Lipinski definition) is 3. The zero-order chi connectivity index (χ0) is 11.3. The number of hydrogen-bond donors (Lipinski definition) is 1. The molecule has 1 aromatic heterocycles. The molecule has 0 amide bonds. The highest BCUT2D eigenvalue weighted by molar-refractivity contribution is 4.94. The summed E-state index contributed by atoms with van der Waals surface area (Å²) in [5.41, 5.74) is 0. The molecule has 0 spiro atoms. The lowest BCUT2D eigenvalue weighted by molar-refractivity contribution is 0.149. The van der Waals surface area contributed by atoms with E-state index in [-0.39, 0.29) is 6.10 Å². The zero-order valence-electron chi connectivity index (χ0n) is 9.85. The molecule has 15 heavy (non-hydrogen) atoms. The molecule has 4 nitrogen and oxygen atoms in total. The number of aliphatic hydroxyl groups is 1. The van der Waals surface area contributed by atoms with E-state index in [1.165, 1.54) is 0 Å². The van der Waals surface area contributed by atoms with Crippen molar-refractivity contribution in [1.82, 2.24) is 14.5 Å². The van der Waals surface area contributed by atoms with Crippen LogP contribution in [-0.2, 0) is 13.0 Å². The average Bonchev–Trinajstić information content (AvgIpc) is 2.62. The van der Waals surface area contributed by atoms with Gasteiger partial charge in [0, 0.05) is 25.4 Å². The fourth-order valence-electron chi connectivity index (χ4n) is 1.54. The van der Waals surface area contributed by atoms with Crippen molar-refractivity contribution in [3.63, 3.8) is 0 Å². The molecular weight excluding hydrogens is 190 g/mol. The molecule has 0 fully saturated rings. The summed E-state index contributed by atoms with van der Waals surface area (Å²) in [6.07, 6.45) is 4.89. The minimum Gasteiger partial charge on any atom is -0.393 e. The van der Waals surface area contributed by atoms with Crippen LogP contribution >= 0.6 is 0 Å². The molecule has 1 N–H and O–H groups in total. The van der Waals surface area contributed by atoms with E-state index in [9.17, 15) is 5.11 Å². The maximum atomic E-state index is 9.81. The van der Waals surface area contributed by atoms with Crippen LogP contribution in [0.15, 0.2) is 12.4 Å². The molecule has 86 valence electrons. The lowest BCUT2D eigenvalue weighted by Gasteiger charge is -2.14. The van der Waals surface area contributed by atoms with E-state index in [0.29, 0.717) is 6.42 Å². The van der Waals surface area contributed by atoms with E-state index >= 15 is 0 Å². The Labute approximate surface area is 91.5 Å². The second-order valence-corrected chi connectivity index (χ2v) is 4.08. The van der Waals surface area contributed by atoms with Crippen LogP contribution in [0.1, 0.15) is 19.2 Å². The second-order valence-electron chi connectivity index (χ2n) is 4.08. The smallest absolute Gasteiger partial charge is 0.111 e. The highest BCUT2D eigenvalue weighted by Crippen LogP contribution is 2.04. The molecule has 1 unspecified atom stereocenters. The van der Waals surface area contributed by atoms with E-state index in [2.05, 4.69) is 21.4 Å². The average molecular weight is 211 g/mol. The minimum atomic E-state index is -0.292. The molecule has 1 atom stereocenters. The number of imidazole rings is 1. The first-order chi connectivity index (χ1) is 7.13. The van der Waals surface area contributed by atoms with Crippen molar-refractivity contribution in [2.24, 2.45) is 0 Å². The van der Waals surface area contributed by atoms with Crippen LogP contribution in [0.3, 0.4) is 0 Å². The Morgan fingerprint density at radius 1 is 1.53 bits per heavy atom. The van der Waals surface area contributed by atoms with Gasteiger partial charge in [0.05, 0.1) is 6.10 Å². The minimum absolute atomic E-state index is 0.292. The Bertz CT molecular complexity index is 283. The number of aromatic nitrogens is 2. The van der Waals surface area contributed by atoms with Gasteiger partial charge in [-0.05, 0) is 34.0 Å². The van der Waals surface area contributed by atoms with Gasteiger partial charge in [-0.25, -0.2) is 4.98 Å². The van der Waals surface area contributed by atoms with E-state index in [0.717, 1.165) is 25.3 Å². The quantitative estimate of drug-likeness (QED) is 0.755. The summed E-state index contributed by atoms with van der Waals surface area (Å²) in [5, 5.41) is 9.81. The fraction of sp³-hybridized carbons (Fsp3) is 0.727. The molecule has 0 aliphatic heterocycles. The maximum Gasteiger partial charge on any atom is 0.111 e. The summed E-state index contributed by atoms with van der Waals surface area (Å²) >= 11 is 0. The van der Waals surface area contributed by atoms with Crippen LogP contribution in [-0.4, -0.2) is 46.3 Å². The first kappa shape index (κ1) is 12.2. The molecule has 0 aliphatic rings. The molecule has 0 aliphatic carbocycles. The van der Waals surface area contributed by atoms with Gasteiger partial charge in [0.25, 0.3) is 0 Å². The molecule has 0 saturated carbocycles. The molecule has 1 aromatic rings. The van der Waals surface area contributed by atoms with Crippen molar-refractivity contribution in [2.45, 2.75) is 32.4 Å². The molecule has 4 heteroatoms. The van der Waals surface area contributed by atoms with Crippen molar-refractivity contribution in [2.75, 3.05) is 20.6 Å². The number of nitrogens with zero attached hydrogens (tertiary/aromatic N) is 3. The molecular formula is C11H21N3O. The maximum absolute atomic E-state index is 9.81. The van der Waals surface area contributed by atoms with Gasteiger partial charge < -0.3 is 14.6 Å². The molecule has 0 saturated heterocycles. The monoisotopic (exact) mass is 211 g/mol. The number of rotatable bonds is 6. The summed E-state index contributed by atoms with van der Waals surface area (Å²) in [5.74, 6) is 0.976. The Balaban J connectivity index is 2.40. The van der Waals surface area contributed by atoms with Gasteiger partial charge in [0.2, 0.25) is 0 Å². The van der Waals surface area contributed by atoms with Crippen LogP contribution in [0.2, 0.25) is 0 Å². The van der Waals surface area contributed by atoms with Crippen molar-refractivity contribution in [1.29, 1.82) is 0 Å². The Kier molecular flexibility index (Phi) is 4.78. The summed E-state index contributed by atoms with van der Waals surface area (Å²) in [6.45, 7) is 3.90. The topological polar surface area (TPSA) is 41.3 Å². The third-order valence-corrected chi connectivity index (χ3v) is 2.47. The summed E-state index contributed by atoms with van der Waals surface area (Å²) < 4.78 is 2.07. The van der Waals surface area contributed by atoms with Crippen molar-refractivity contribution in [3.8, 4) is 0 Å². The van der Waals surface area contributed by atoms with E-state index in [1.807, 2.05) is 20.3 Å². The van der Waals surface area contributed by atoms with E-state index < -0.39 is 0 Å². The molecule has 0 radical (unpaired) electrons. The van der Waals surface area contributed by atoms with Crippen LogP contribution in [0.25, 0.3) is 0 Å². The van der Waals surface area contributed by atoms with Gasteiger partial charge in [-0.3, -0.25) is 0 Å². The van der Waals surface area contributed by atoms with Gasteiger partial charge in [0.15, 0.2) is 0 Å². The van der Waals surface area contributed by atoms with Gasteiger partial charge in [-0.15, -0.1) is 0 Å². The lowest BCUT2D eigenvalue weighted by atomic mass is 10.1. The molecule has 1 heterocycles. The summed E-state index contributed by atoms with van der Waals surface area (Å²) in [6, 6.07) is 0. The zero-order valence-corrected chi connectivity index (χ0v) is 9.85. The van der Waals surface area contributed by atoms with Gasteiger partial charge >= 0.3 is 0 Å². The van der Waals surface area contributed by atoms with Crippen molar-refractivity contribution >= 4 is 0 Å². The number of aryl methyl sites for hydroxylation is 1. The number of aliphatic hydroxyl groups excluding tert-OH is 1. The van der Waals surface area contributed by atoms with Crippen LogP contribution < -0.4 is 0 Å². The third-order valence-electron chi connectivity index (χ3n) is 2.47. The Hall–Kier alpha value is -0.870. The van der Waals surface area contributed by atoms with Crippen LogP contribution in [0.4, 0.5) is 0 Å². The molecule has 0 aromatic carbocycles. The van der Waals surface area contributed by atoms with E-state index in [4.69, 9.17) is 0 Å². The summed E-state index contributed by atoms with van der Waals surface area (Å²) in [4.78, 5) is 6.32. The van der Waals surface area contributed by atoms with Crippen molar-refractivity contribution in [3.05, 3.63) is 18.2 Å². The SMILES string of the molecule is CCn1ccnc1CC(O)CCN(C)C. The lowest BCUT2D eigenvalue weighted by Crippen LogP contribution is -2.22. The van der Waals surface area contributed by atoms with Crippen molar-refractivity contribution < 1.29 is 5.11 Å². The first-order valence-corrected chi connectivity index (χ1v) is 5.46. The van der Waals surface area contributed by atoms with Crippen LogP contribution in [0.5, 0.6) is 0 Å². The Morgan fingerprint density at radius 2 is 2.27 bits per heavy atom. The van der Waals surface area contributed by atoms with Gasteiger partial charge in [-0.2, -0.15) is 0 Å². The third kappa shape index (κ3) is 4.01. The van der Waals surface area contributed by atoms with Gasteiger partial charge in [-0.1, -0.05) is 0 Å². The molecule has 1 rings (SSSR count). The predicted octanol–water partition coefficient (Wildman–Crippen LogP) is 0.758. The Morgan fingerprint density at radius 3 is 2.87 bits per heavy atom. The van der Waals surface area contributed by atoms with E-state index in [1.54, 1.807) is 6.20 Å². The highest BCUT2D eigenvalue weighted by Gasteiger charge is 2.09. The molecule has 0 bridgehead atoms. The van der Waals surface area contributed by atoms with Crippen LogP contribution in [0, 0.1) is 0 Å². The summed E-state index contributed by atoms with van der Waals surface area (Å²) in [7, 11) is 4.03. The standard InChI is InChI=1S/C11H21N3O/c1-4-14-8-6-12-11(14)9-10(15)5-7-13(2)3/h6,8,10,15H,4-5,7,9H2,1-3H3. The highest BCUT2D eigenvalue weighted by atomic mass is 16.3. The first-order valence-electron chi connectivity index (χ1n) is 5.46. The van der Waals surface area contributed by atoms with Gasteiger partial charge in [0.1, 0.15) is 5.82 Å². The largest absolute Gasteiger partial charge is 0.393 e. The second kappa shape index (κ2) is 5.88. The normalized spacial score (nSPS) is 13.4. The fourth-order valence-corrected chi connectivity index (χ4v) is 1.54.